The van der Waals surface area contributed by atoms with Gasteiger partial charge < -0.3 is 10.0 Å². The zero-order valence-corrected chi connectivity index (χ0v) is 12.1. The zero-order valence-electron chi connectivity index (χ0n) is 12.1. The molecule has 0 heterocycles. The maximum Gasteiger partial charge on any atom is 0.292 e. The lowest BCUT2D eigenvalue weighted by Gasteiger charge is -2.23. The lowest BCUT2D eigenvalue weighted by molar-refractivity contribution is -0.384. The molecule has 0 aliphatic heterocycles. The van der Waals surface area contributed by atoms with Crippen molar-refractivity contribution in [2.45, 2.75) is 38.7 Å². The second-order valence-electron chi connectivity index (χ2n) is 5.71. The van der Waals surface area contributed by atoms with E-state index in [1.807, 2.05) is 11.9 Å². The van der Waals surface area contributed by atoms with Gasteiger partial charge in [0.05, 0.1) is 11.0 Å². The number of aliphatic hydroxyl groups excluding tert-OH is 1. The summed E-state index contributed by atoms with van der Waals surface area (Å²) >= 11 is 0. The molecule has 1 aromatic carbocycles. The van der Waals surface area contributed by atoms with Crippen LogP contribution in [-0.4, -0.2) is 23.6 Å². The van der Waals surface area contributed by atoms with Crippen LogP contribution in [-0.2, 0) is 0 Å². The van der Waals surface area contributed by atoms with Gasteiger partial charge in [0.15, 0.2) is 0 Å². The fraction of sp³-hybridized carbons (Fsp3) is 0.600. The van der Waals surface area contributed by atoms with Gasteiger partial charge in [0.25, 0.3) is 5.69 Å². The van der Waals surface area contributed by atoms with Crippen LogP contribution in [0.1, 0.15) is 44.3 Å². The van der Waals surface area contributed by atoms with Crippen molar-refractivity contribution in [3.8, 4) is 0 Å². The molecule has 1 atom stereocenters. The summed E-state index contributed by atoms with van der Waals surface area (Å²) in [6, 6.07) is 4.98. The van der Waals surface area contributed by atoms with Crippen molar-refractivity contribution >= 4 is 11.4 Å². The quantitative estimate of drug-likeness (QED) is 0.663. The average molecular weight is 278 g/mol. The lowest BCUT2D eigenvalue weighted by atomic mass is 10.1. The molecule has 5 heteroatoms. The number of hydrogen-bond acceptors (Lipinski definition) is 4. The van der Waals surface area contributed by atoms with Crippen LogP contribution in [0.25, 0.3) is 0 Å². The third kappa shape index (κ3) is 3.28. The van der Waals surface area contributed by atoms with Crippen LogP contribution in [0.2, 0.25) is 0 Å². The van der Waals surface area contributed by atoms with Crippen LogP contribution in [0.5, 0.6) is 0 Å². The molecule has 5 nitrogen and oxygen atoms in total. The number of hydrogen-bond donors (Lipinski definition) is 1. The number of nitrogens with zero attached hydrogens (tertiary/aromatic N) is 2. The molecule has 1 unspecified atom stereocenters. The van der Waals surface area contributed by atoms with Crippen LogP contribution in [0.3, 0.4) is 0 Å². The lowest BCUT2D eigenvalue weighted by Crippen LogP contribution is -2.24. The van der Waals surface area contributed by atoms with Crippen molar-refractivity contribution in [2.75, 3.05) is 18.5 Å². The minimum Gasteiger partial charge on any atom is -0.389 e. The SMILES string of the molecule is CC(O)c1ccc(N(C)CC2CCCC2)c([N+](=O)[O-])c1. The van der Waals surface area contributed by atoms with Crippen molar-refractivity contribution in [3.05, 3.63) is 33.9 Å². The van der Waals surface area contributed by atoms with E-state index in [2.05, 4.69) is 0 Å². The molecular weight excluding hydrogens is 256 g/mol. The van der Waals surface area contributed by atoms with E-state index in [0.29, 0.717) is 17.2 Å². The predicted molar refractivity (Wildman–Crippen MR) is 79.0 cm³/mol. The fourth-order valence-electron chi connectivity index (χ4n) is 2.95. The number of nitro groups is 1. The molecule has 0 saturated heterocycles. The van der Waals surface area contributed by atoms with Crippen LogP contribution in [0.4, 0.5) is 11.4 Å². The van der Waals surface area contributed by atoms with Crippen molar-refractivity contribution in [1.82, 2.24) is 0 Å². The summed E-state index contributed by atoms with van der Waals surface area (Å²) in [5.74, 6) is 0.635. The minimum absolute atomic E-state index is 0.0731. The van der Waals surface area contributed by atoms with Crippen molar-refractivity contribution in [1.29, 1.82) is 0 Å². The van der Waals surface area contributed by atoms with Gasteiger partial charge >= 0.3 is 0 Å². The molecule has 0 aromatic heterocycles. The van der Waals surface area contributed by atoms with Gasteiger partial charge in [-0.1, -0.05) is 18.9 Å². The van der Waals surface area contributed by atoms with Gasteiger partial charge in [-0.25, -0.2) is 0 Å². The Kier molecular flexibility index (Phi) is 4.60. The number of aliphatic hydroxyl groups is 1. The Labute approximate surface area is 119 Å². The number of nitro benzene ring substituents is 1. The largest absolute Gasteiger partial charge is 0.389 e. The Morgan fingerprint density at radius 2 is 2.10 bits per heavy atom. The highest BCUT2D eigenvalue weighted by atomic mass is 16.6. The van der Waals surface area contributed by atoms with Gasteiger partial charge in [0.1, 0.15) is 5.69 Å². The second kappa shape index (κ2) is 6.22. The van der Waals surface area contributed by atoms with Crippen LogP contribution in [0.15, 0.2) is 18.2 Å². The first-order valence-corrected chi connectivity index (χ1v) is 7.16. The molecule has 2 rings (SSSR count). The molecule has 0 bridgehead atoms. The van der Waals surface area contributed by atoms with Gasteiger partial charge in [0.2, 0.25) is 0 Å². The normalized spacial score (nSPS) is 17.1. The predicted octanol–water partition coefficient (Wildman–Crippen LogP) is 3.27. The van der Waals surface area contributed by atoms with Crippen LogP contribution in [0, 0.1) is 16.0 Å². The summed E-state index contributed by atoms with van der Waals surface area (Å²) in [7, 11) is 1.91. The first kappa shape index (κ1) is 14.8. The number of rotatable bonds is 5. The molecule has 1 aliphatic rings. The smallest absolute Gasteiger partial charge is 0.292 e. The Bertz CT molecular complexity index is 482. The van der Waals surface area contributed by atoms with Crippen molar-refractivity contribution in [3.63, 3.8) is 0 Å². The Balaban J connectivity index is 2.22. The average Bonchev–Trinajstić information content (AvgIpc) is 2.90. The number of benzene rings is 1. The molecule has 0 radical (unpaired) electrons. The summed E-state index contributed by atoms with van der Waals surface area (Å²) in [6.45, 7) is 2.47. The van der Waals surface area contributed by atoms with Gasteiger partial charge in [-0.3, -0.25) is 10.1 Å². The Morgan fingerprint density at radius 1 is 1.45 bits per heavy atom. The molecule has 110 valence electrons. The summed E-state index contributed by atoms with van der Waals surface area (Å²) in [4.78, 5) is 12.8. The monoisotopic (exact) mass is 278 g/mol. The van der Waals surface area contributed by atoms with E-state index in [1.165, 1.54) is 31.7 Å². The molecule has 1 aromatic rings. The summed E-state index contributed by atoms with van der Waals surface area (Å²) in [5.41, 5.74) is 1.28. The summed E-state index contributed by atoms with van der Waals surface area (Å²) < 4.78 is 0. The van der Waals surface area contributed by atoms with E-state index < -0.39 is 6.10 Å². The zero-order chi connectivity index (χ0) is 14.7. The minimum atomic E-state index is -0.692. The van der Waals surface area contributed by atoms with E-state index in [-0.39, 0.29) is 10.6 Å². The standard InChI is InChI=1S/C15H22N2O3/c1-11(18)13-7-8-14(15(9-13)17(19)20)16(2)10-12-5-3-4-6-12/h7-9,11-12,18H,3-6,10H2,1-2H3. The fourth-order valence-corrected chi connectivity index (χ4v) is 2.95. The Hall–Kier alpha value is -1.62. The Morgan fingerprint density at radius 3 is 2.65 bits per heavy atom. The molecule has 1 N–H and O–H groups in total. The van der Waals surface area contributed by atoms with Gasteiger partial charge in [-0.2, -0.15) is 0 Å². The van der Waals surface area contributed by atoms with Crippen LogP contribution >= 0.6 is 0 Å². The van der Waals surface area contributed by atoms with E-state index in [9.17, 15) is 15.2 Å². The summed E-state index contributed by atoms with van der Waals surface area (Å²) in [5, 5.41) is 20.8. The van der Waals surface area contributed by atoms with Crippen LogP contribution < -0.4 is 4.90 Å². The van der Waals surface area contributed by atoms with Gasteiger partial charge in [-0.15, -0.1) is 0 Å². The third-order valence-electron chi connectivity index (χ3n) is 4.10. The summed E-state index contributed by atoms with van der Waals surface area (Å²) in [6.07, 6.45) is 4.26. The second-order valence-corrected chi connectivity index (χ2v) is 5.71. The van der Waals surface area contributed by atoms with Crippen molar-refractivity contribution < 1.29 is 10.0 Å². The molecule has 0 spiro atoms. The first-order chi connectivity index (χ1) is 9.49. The highest BCUT2D eigenvalue weighted by molar-refractivity contribution is 5.64. The third-order valence-corrected chi connectivity index (χ3v) is 4.10. The highest BCUT2D eigenvalue weighted by Gasteiger charge is 2.22. The molecule has 0 amide bonds. The molecule has 20 heavy (non-hydrogen) atoms. The first-order valence-electron chi connectivity index (χ1n) is 7.16. The van der Waals surface area contributed by atoms with Crippen molar-refractivity contribution in [2.24, 2.45) is 5.92 Å². The van der Waals surface area contributed by atoms with E-state index in [0.717, 1.165) is 6.54 Å². The number of anilines is 1. The maximum absolute atomic E-state index is 11.2. The topological polar surface area (TPSA) is 66.6 Å². The highest BCUT2D eigenvalue weighted by Crippen LogP contribution is 2.33. The molecular formula is C15H22N2O3. The molecule has 1 aliphatic carbocycles. The van der Waals surface area contributed by atoms with Gasteiger partial charge in [0, 0.05) is 19.7 Å². The van der Waals surface area contributed by atoms with E-state index >= 15 is 0 Å². The van der Waals surface area contributed by atoms with Gasteiger partial charge in [-0.05, 0) is 37.3 Å². The van der Waals surface area contributed by atoms with E-state index in [4.69, 9.17) is 0 Å². The molecule has 1 fully saturated rings. The molecule has 1 saturated carbocycles. The van der Waals surface area contributed by atoms with E-state index in [1.54, 1.807) is 19.1 Å². The maximum atomic E-state index is 11.2.